The number of thiazole rings is 1. The van der Waals surface area contributed by atoms with Gasteiger partial charge in [-0.05, 0) is 33.2 Å². The predicted octanol–water partition coefficient (Wildman–Crippen LogP) is 1.52. The Morgan fingerprint density at radius 3 is 2.92 bits per heavy atom. The monoisotopic (exact) mass is 348 g/mol. The molecule has 24 heavy (non-hydrogen) atoms. The van der Waals surface area contributed by atoms with Crippen molar-refractivity contribution >= 4 is 34.0 Å². The number of likely N-dealkylation sites (tertiary alicyclic amines) is 1. The van der Waals surface area contributed by atoms with E-state index >= 15 is 0 Å². The molecule has 0 spiro atoms. The molecule has 0 saturated carbocycles. The number of carbonyl (C=O) groups is 2. The van der Waals surface area contributed by atoms with Crippen LogP contribution in [0.3, 0.4) is 0 Å². The van der Waals surface area contributed by atoms with Gasteiger partial charge in [-0.25, -0.2) is 4.98 Å². The second-order valence-electron chi connectivity index (χ2n) is 5.81. The van der Waals surface area contributed by atoms with Crippen molar-refractivity contribution in [1.82, 2.24) is 20.1 Å². The Morgan fingerprint density at radius 2 is 2.25 bits per heavy atom. The summed E-state index contributed by atoms with van der Waals surface area (Å²) in [6.07, 6.45) is 3.29. The second-order valence-corrected chi connectivity index (χ2v) is 6.71. The summed E-state index contributed by atoms with van der Waals surface area (Å²) in [6.45, 7) is 4.60. The summed E-state index contributed by atoms with van der Waals surface area (Å²) < 4.78 is 0. The summed E-state index contributed by atoms with van der Waals surface area (Å²) in [5.41, 5.74) is 2.28. The molecule has 1 saturated heterocycles. The molecule has 2 aromatic heterocycles. The number of nitrogens with zero attached hydrogens (tertiary/aromatic N) is 3. The molecule has 0 radical (unpaired) electrons. The highest BCUT2D eigenvalue weighted by Crippen LogP contribution is 2.21. The molecule has 0 aromatic carbocycles. The fourth-order valence-electron chi connectivity index (χ4n) is 2.88. The topological polar surface area (TPSA) is 103 Å². The Bertz CT molecular complexity index is 707. The van der Waals surface area contributed by atoms with Crippen molar-refractivity contribution in [3.63, 3.8) is 0 Å². The van der Waals surface area contributed by atoms with Gasteiger partial charge in [0.25, 0.3) is 0 Å². The zero-order chi connectivity index (χ0) is 17.1. The van der Waals surface area contributed by atoms with Gasteiger partial charge in [0.05, 0.1) is 29.7 Å². The molecule has 9 heteroatoms. The third kappa shape index (κ3) is 3.62. The highest BCUT2D eigenvalue weighted by Gasteiger charge is 2.32. The molecule has 3 heterocycles. The van der Waals surface area contributed by atoms with E-state index in [2.05, 4.69) is 25.8 Å². The molecular weight excluding hydrogens is 328 g/mol. The second kappa shape index (κ2) is 7.10. The number of aryl methyl sites for hydroxylation is 2. The van der Waals surface area contributed by atoms with Gasteiger partial charge < -0.3 is 10.6 Å². The molecular formula is C15H20N6O2S. The lowest BCUT2D eigenvalue weighted by atomic mass is 10.2. The number of hydrogen-bond acceptors (Lipinski definition) is 6. The molecule has 128 valence electrons. The van der Waals surface area contributed by atoms with Crippen LogP contribution in [-0.4, -0.2) is 51.0 Å². The highest BCUT2D eigenvalue weighted by molar-refractivity contribution is 7.13. The zero-order valence-electron chi connectivity index (χ0n) is 13.6. The summed E-state index contributed by atoms with van der Waals surface area (Å²) in [6, 6.07) is -0.300. The van der Waals surface area contributed by atoms with Gasteiger partial charge in [-0.2, -0.15) is 5.10 Å². The van der Waals surface area contributed by atoms with Crippen LogP contribution in [0.5, 0.6) is 0 Å². The molecule has 2 aromatic rings. The van der Waals surface area contributed by atoms with Gasteiger partial charge in [0.2, 0.25) is 11.8 Å². The van der Waals surface area contributed by atoms with Crippen LogP contribution in [0.4, 0.5) is 10.8 Å². The first-order chi connectivity index (χ1) is 11.5. The van der Waals surface area contributed by atoms with Crippen molar-refractivity contribution in [1.29, 1.82) is 0 Å². The normalized spacial score (nSPS) is 17.8. The Kier molecular flexibility index (Phi) is 4.91. The van der Waals surface area contributed by atoms with Gasteiger partial charge in [0, 0.05) is 11.6 Å². The maximum atomic E-state index is 12.4. The van der Waals surface area contributed by atoms with Gasteiger partial charge in [-0.3, -0.25) is 19.6 Å². The maximum absolute atomic E-state index is 12.4. The Labute approximate surface area is 143 Å². The molecule has 8 nitrogen and oxygen atoms in total. The third-order valence-corrected chi connectivity index (χ3v) is 4.76. The molecule has 1 aliphatic rings. The average Bonchev–Trinajstić information content (AvgIpc) is 3.26. The number of aromatic amines is 1. The smallest absolute Gasteiger partial charge is 0.243 e. The van der Waals surface area contributed by atoms with E-state index in [-0.39, 0.29) is 24.4 Å². The number of hydrogen-bond donors (Lipinski definition) is 3. The average molecular weight is 348 g/mol. The van der Waals surface area contributed by atoms with Crippen molar-refractivity contribution in [2.45, 2.75) is 32.7 Å². The van der Waals surface area contributed by atoms with Crippen LogP contribution in [0.25, 0.3) is 0 Å². The van der Waals surface area contributed by atoms with E-state index in [1.165, 1.54) is 11.3 Å². The summed E-state index contributed by atoms with van der Waals surface area (Å²) >= 11 is 1.38. The van der Waals surface area contributed by atoms with Gasteiger partial charge in [0.1, 0.15) is 0 Å². The van der Waals surface area contributed by atoms with Crippen LogP contribution in [0, 0.1) is 13.8 Å². The Balaban J connectivity index is 1.59. The van der Waals surface area contributed by atoms with Crippen molar-refractivity contribution in [3.8, 4) is 0 Å². The number of carbonyl (C=O) groups excluding carboxylic acids is 2. The van der Waals surface area contributed by atoms with E-state index in [0.717, 1.165) is 30.8 Å². The lowest BCUT2D eigenvalue weighted by Crippen LogP contribution is -2.43. The molecule has 0 bridgehead atoms. The van der Waals surface area contributed by atoms with Gasteiger partial charge in [-0.1, -0.05) is 0 Å². The fraction of sp³-hybridized carbons (Fsp3) is 0.467. The molecule has 1 fully saturated rings. The first-order valence-electron chi connectivity index (χ1n) is 7.80. The number of H-pyrrole nitrogens is 1. The lowest BCUT2D eigenvalue weighted by molar-refractivity contribution is -0.122. The summed E-state index contributed by atoms with van der Waals surface area (Å²) in [5.74, 6) is -0.248. The zero-order valence-corrected chi connectivity index (χ0v) is 14.4. The summed E-state index contributed by atoms with van der Waals surface area (Å²) in [4.78, 5) is 30.7. The van der Waals surface area contributed by atoms with Crippen molar-refractivity contribution in [3.05, 3.63) is 23.0 Å². The standard InChI is InChI=1S/C15H20N6O2S/c1-9-13(10(2)20-19-9)17-12(22)8-21-6-3-4-11(21)14(23)18-15-16-5-7-24-15/h5,7,11H,3-4,6,8H2,1-2H3,(H,17,22)(H,19,20)(H,16,18,23). The summed E-state index contributed by atoms with van der Waals surface area (Å²) in [7, 11) is 0. The maximum Gasteiger partial charge on any atom is 0.243 e. The summed E-state index contributed by atoms with van der Waals surface area (Å²) in [5, 5.41) is 15.0. The first kappa shape index (κ1) is 16.6. The lowest BCUT2D eigenvalue weighted by Gasteiger charge is -2.22. The van der Waals surface area contributed by atoms with Crippen LogP contribution >= 0.6 is 11.3 Å². The first-order valence-corrected chi connectivity index (χ1v) is 8.68. The van der Waals surface area contributed by atoms with E-state index < -0.39 is 0 Å². The largest absolute Gasteiger partial charge is 0.322 e. The quantitative estimate of drug-likeness (QED) is 0.760. The third-order valence-electron chi connectivity index (χ3n) is 4.07. The van der Waals surface area contributed by atoms with Gasteiger partial charge in [0.15, 0.2) is 5.13 Å². The Hall–Kier alpha value is -2.26. The predicted molar refractivity (Wildman–Crippen MR) is 92.0 cm³/mol. The van der Waals surface area contributed by atoms with E-state index in [9.17, 15) is 9.59 Å². The minimum Gasteiger partial charge on any atom is -0.322 e. The molecule has 3 rings (SSSR count). The number of amides is 2. The molecule has 1 unspecified atom stereocenters. The number of anilines is 2. The van der Waals surface area contributed by atoms with E-state index in [1.807, 2.05) is 24.1 Å². The molecule has 0 aliphatic carbocycles. The van der Waals surface area contributed by atoms with Crippen molar-refractivity contribution in [2.75, 3.05) is 23.7 Å². The highest BCUT2D eigenvalue weighted by atomic mass is 32.1. The van der Waals surface area contributed by atoms with Crippen LogP contribution in [-0.2, 0) is 9.59 Å². The van der Waals surface area contributed by atoms with Crippen LogP contribution < -0.4 is 10.6 Å². The van der Waals surface area contributed by atoms with Crippen molar-refractivity contribution < 1.29 is 9.59 Å². The van der Waals surface area contributed by atoms with E-state index in [0.29, 0.717) is 10.8 Å². The Morgan fingerprint density at radius 1 is 1.42 bits per heavy atom. The molecule has 1 atom stereocenters. The van der Waals surface area contributed by atoms with Crippen molar-refractivity contribution in [2.24, 2.45) is 0 Å². The fourth-order valence-corrected chi connectivity index (χ4v) is 3.42. The number of rotatable bonds is 5. The van der Waals surface area contributed by atoms with Gasteiger partial charge >= 0.3 is 0 Å². The van der Waals surface area contributed by atoms with E-state index in [4.69, 9.17) is 0 Å². The van der Waals surface area contributed by atoms with Crippen LogP contribution in [0.15, 0.2) is 11.6 Å². The molecule has 3 N–H and O–H groups in total. The SMILES string of the molecule is Cc1n[nH]c(C)c1NC(=O)CN1CCCC1C(=O)Nc1nccs1. The number of nitrogens with one attached hydrogen (secondary N) is 3. The van der Waals surface area contributed by atoms with E-state index in [1.54, 1.807) is 6.20 Å². The van der Waals surface area contributed by atoms with Crippen LogP contribution in [0.2, 0.25) is 0 Å². The number of aromatic nitrogens is 3. The molecule has 1 aliphatic heterocycles. The molecule has 2 amide bonds. The van der Waals surface area contributed by atoms with Gasteiger partial charge in [-0.15, -0.1) is 11.3 Å². The van der Waals surface area contributed by atoms with Crippen LogP contribution in [0.1, 0.15) is 24.2 Å². The minimum atomic E-state index is -0.300. The minimum absolute atomic E-state index is 0.106.